The summed E-state index contributed by atoms with van der Waals surface area (Å²) in [5.74, 6) is 0.189. The molecular formula is C22H25ClN2O. The van der Waals surface area contributed by atoms with Crippen molar-refractivity contribution in [1.82, 2.24) is 9.80 Å². The number of piperazine rings is 1. The predicted octanol–water partition coefficient (Wildman–Crippen LogP) is 3.80. The monoisotopic (exact) mass is 368 g/mol. The zero-order chi connectivity index (χ0) is 17.9. The van der Waals surface area contributed by atoms with Gasteiger partial charge in [-0.3, -0.25) is 9.69 Å². The molecular weight excluding hydrogens is 344 g/mol. The van der Waals surface area contributed by atoms with Crippen LogP contribution in [0.25, 0.3) is 0 Å². The molecule has 136 valence electrons. The normalized spacial score (nSPS) is 21.0. The van der Waals surface area contributed by atoms with Gasteiger partial charge < -0.3 is 4.90 Å². The Morgan fingerprint density at radius 1 is 1.00 bits per heavy atom. The molecule has 1 aliphatic heterocycles. The van der Waals surface area contributed by atoms with Crippen LogP contribution < -0.4 is 0 Å². The molecule has 1 saturated heterocycles. The molecule has 0 aromatic heterocycles. The van der Waals surface area contributed by atoms with Crippen molar-refractivity contribution >= 4 is 17.5 Å². The van der Waals surface area contributed by atoms with E-state index in [0.717, 1.165) is 37.7 Å². The number of benzene rings is 2. The van der Waals surface area contributed by atoms with Crippen molar-refractivity contribution in [3.63, 3.8) is 0 Å². The fourth-order valence-corrected chi connectivity index (χ4v) is 4.15. The van der Waals surface area contributed by atoms with Crippen molar-refractivity contribution in [2.75, 3.05) is 19.6 Å². The van der Waals surface area contributed by atoms with Gasteiger partial charge in [0.25, 0.3) is 0 Å². The second-order valence-electron chi connectivity index (χ2n) is 7.42. The number of hydrogen-bond acceptors (Lipinski definition) is 2. The fourth-order valence-electron chi connectivity index (χ4n) is 3.95. The maximum absolute atomic E-state index is 13.1. The number of rotatable bonds is 5. The minimum atomic E-state index is 0.189. The molecule has 0 spiro atoms. The molecule has 1 unspecified atom stereocenters. The quantitative estimate of drug-likeness (QED) is 0.801. The molecule has 2 aromatic rings. The molecule has 3 nitrogen and oxygen atoms in total. The molecule has 2 fully saturated rings. The van der Waals surface area contributed by atoms with Crippen molar-refractivity contribution < 1.29 is 4.79 Å². The van der Waals surface area contributed by atoms with Crippen molar-refractivity contribution in [3.8, 4) is 0 Å². The molecule has 0 radical (unpaired) electrons. The van der Waals surface area contributed by atoms with Gasteiger partial charge in [-0.2, -0.15) is 0 Å². The van der Waals surface area contributed by atoms with Crippen molar-refractivity contribution in [2.24, 2.45) is 0 Å². The first-order valence-electron chi connectivity index (χ1n) is 9.51. The van der Waals surface area contributed by atoms with Gasteiger partial charge in [0, 0.05) is 36.7 Å². The SMILES string of the molecule is O=C(Cc1ccccc1Cl)N1CCN(C2CC2)CC1Cc1ccccc1. The number of carbonyl (C=O) groups excluding carboxylic acids is 1. The molecule has 1 aliphatic carbocycles. The topological polar surface area (TPSA) is 23.6 Å². The van der Waals surface area contributed by atoms with Crippen LogP contribution in [0.2, 0.25) is 5.02 Å². The van der Waals surface area contributed by atoms with Crippen LogP contribution in [0, 0.1) is 0 Å². The number of carbonyl (C=O) groups is 1. The first-order chi connectivity index (χ1) is 12.7. The van der Waals surface area contributed by atoms with Gasteiger partial charge in [0.15, 0.2) is 0 Å². The van der Waals surface area contributed by atoms with Gasteiger partial charge in [0.1, 0.15) is 0 Å². The highest BCUT2D eigenvalue weighted by atomic mass is 35.5. The lowest BCUT2D eigenvalue weighted by molar-refractivity contribution is -0.135. The summed E-state index contributed by atoms with van der Waals surface area (Å²) in [6.07, 6.45) is 3.92. The van der Waals surface area contributed by atoms with Crippen LogP contribution in [0.15, 0.2) is 54.6 Å². The summed E-state index contributed by atoms with van der Waals surface area (Å²) in [5, 5.41) is 0.678. The van der Waals surface area contributed by atoms with Gasteiger partial charge in [-0.15, -0.1) is 0 Å². The molecule has 1 amide bonds. The molecule has 1 atom stereocenters. The van der Waals surface area contributed by atoms with E-state index in [1.54, 1.807) is 0 Å². The second-order valence-corrected chi connectivity index (χ2v) is 7.83. The average molecular weight is 369 g/mol. The Balaban J connectivity index is 1.49. The summed E-state index contributed by atoms with van der Waals surface area (Å²) in [6, 6.07) is 19.2. The fraction of sp³-hybridized carbons (Fsp3) is 0.409. The Bertz CT molecular complexity index is 760. The Labute approximate surface area is 160 Å². The molecule has 0 bridgehead atoms. The first kappa shape index (κ1) is 17.6. The minimum absolute atomic E-state index is 0.189. The van der Waals surface area contributed by atoms with Gasteiger partial charge in [0.05, 0.1) is 6.42 Å². The number of nitrogens with zero attached hydrogens (tertiary/aromatic N) is 2. The molecule has 4 rings (SSSR count). The van der Waals surface area contributed by atoms with Crippen molar-refractivity contribution in [2.45, 2.75) is 37.8 Å². The van der Waals surface area contributed by atoms with Crippen LogP contribution in [0.5, 0.6) is 0 Å². The first-order valence-corrected chi connectivity index (χ1v) is 9.89. The van der Waals surface area contributed by atoms with E-state index in [9.17, 15) is 4.79 Å². The molecule has 1 heterocycles. The van der Waals surface area contributed by atoms with Gasteiger partial charge in [-0.1, -0.05) is 60.1 Å². The lowest BCUT2D eigenvalue weighted by atomic mass is 10.0. The number of amides is 1. The number of halogens is 1. The van der Waals surface area contributed by atoms with Gasteiger partial charge in [-0.05, 0) is 36.5 Å². The second kappa shape index (κ2) is 7.81. The lowest BCUT2D eigenvalue weighted by Crippen LogP contribution is -2.56. The van der Waals surface area contributed by atoms with E-state index >= 15 is 0 Å². The third-order valence-corrected chi connectivity index (χ3v) is 5.88. The summed E-state index contributed by atoms with van der Waals surface area (Å²) < 4.78 is 0. The van der Waals surface area contributed by atoms with E-state index in [0.29, 0.717) is 11.4 Å². The van der Waals surface area contributed by atoms with E-state index < -0.39 is 0 Å². The van der Waals surface area contributed by atoms with Crippen molar-refractivity contribution in [1.29, 1.82) is 0 Å². The Morgan fingerprint density at radius 3 is 2.46 bits per heavy atom. The van der Waals surface area contributed by atoms with Crippen LogP contribution >= 0.6 is 11.6 Å². The third-order valence-electron chi connectivity index (χ3n) is 5.51. The molecule has 2 aromatic carbocycles. The van der Waals surface area contributed by atoms with E-state index in [1.165, 1.54) is 18.4 Å². The van der Waals surface area contributed by atoms with Crippen LogP contribution in [0.4, 0.5) is 0 Å². The van der Waals surface area contributed by atoms with E-state index in [-0.39, 0.29) is 11.9 Å². The van der Waals surface area contributed by atoms with Gasteiger partial charge in [0.2, 0.25) is 5.91 Å². The summed E-state index contributed by atoms with van der Waals surface area (Å²) in [5.41, 5.74) is 2.22. The maximum Gasteiger partial charge on any atom is 0.227 e. The summed E-state index contributed by atoms with van der Waals surface area (Å²) in [7, 11) is 0. The molecule has 26 heavy (non-hydrogen) atoms. The van der Waals surface area contributed by atoms with Crippen LogP contribution in [-0.4, -0.2) is 47.4 Å². The van der Waals surface area contributed by atoms with Crippen LogP contribution in [-0.2, 0) is 17.6 Å². The highest BCUT2D eigenvalue weighted by molar-refractivity contribution is 6.31. The summed E-state index contributed by atoms with van der Waals surface area (Å²) >= 11 is 6.27. The third kappa shape index (κ3) is 4.11. The molecule has 0 N–H and O–H groups in total. The zero-order valence-corrected chi connectivity index (χ0v) is 15.7. The number of hydrogen-bond donors (Lipinski definition) is 0. The largest absolute Gasteiger partial charge is 0.337 e. The Hall–Kier alpha value is -1.84. The van der Waals surface area contributed by atoms with Gasteiger partial charge in [-0.25, -0.2) is 0 Å². The standard InChI is InChI=1S/C22H25ClN2O/c23-21-9-5-4-8-18(21)15-22(26)25-13-12-24(19-10-11-19)16-20(25)14-17-6-2-1-3-7-17/h1-9,19-20H,10-16H2. The van der Waals surface area contributed by atoms with E-state index in [1.807, 2.05) is 30.3 Å². The van der Waals surface area contributed by atoms with E-state index in [4.69, 9.17) is 11.6 Å². The predicted molar refractivity (Wildman–Crippen MR) is 105 cm³/mol. The summed E-state index contributed by atoms with van der Waals surface area (Å²) in [4.78, 5) is 17.7. The van der Waals surface area contributed by atoms with Crippen LogP contribution in [0.1, 0.15) is 24.0 Å². The summed E-state index contributed by atoms with van der Waals surface area (Å²) in [6.45, 7) is 2.79. The maximum atomic E-state index is 13.1. The van der Waals surface area contributed by atoms with Crippen molar-refractivity contribution in [3.05, 3.63) is 70.7 Å². The lowest BCUT2D eigenvalue weighted by Gasteiger charge is -2.42. The zero-order valence-electron chi connectivity index (χ0n) is 15.0. The highest BCUT2D eigenvalue weighted by Gasteiger charge is 2.37. The van der Waals surface area contributed by atoms with Crippen LogP contribution in [0.3, 0.4) is 0 Å². The van der Waals surface area contributed by atoms with E-state index in [2.05, 4.69) is 34.1 Å². The molecule has 1 saturated carbocycles. The minimum Gasteiger partial charge on any atom is -0.337 e. The Kier molecular flexibility index (Phi) is 5.28. The molecule has 4 heteroatoms. The Morgan fingerprint density at radius 2 is 1.73 bits per heavy atom. The van der Waals surface area contributed by atoms with Gasteiger partial charge >= 0.3 is 0 Å². The smallest absolute Gasteiger partial charge is 0.227 e. The highest BCUT2D eigenvalue weighted by Crippen LogP contribution is 2.30. The average Bonchev–Trinajstić information content (AvgIpc) is 3.50. The molecule has 2 aliphatic rings.